The molecule has 1 saturated heterocycles. The fourth-order valence-corrected chi connectivity index (χ4v) is 2.99. The number of ether oxygens (including phenoxy) is 1. The summed E-state index contributed by atoms with van der Waals surface area (Å²) in [5, 5.41) is 2.74. The van der Waals surface area contributed by atoms with Crippen molar-refractivity contribution in [2.24, 2.45) is 11.8 Å². The summed E-state index contributed by atoms with van der Waals surface area (Å²) in [6.45, 7) is 1.05. The Hall–Kier alpha value is -2.18. The number of rotatable bonds is 5. The Morgan fingerprint density at radius 3 is 2.30 bits per heavy atom. The highest BCUT2D eigenvalue weighted by atomic mass is 16.5. The Kier molecular flexibility index (Phi) is 4.19. The Bertz CT molecular complexity index is 555. The smallest absolute Gasteiger partial charge is 0.326 e. The molecule has 3 rings (SSSR count). The van der Waals surface area contributed by atoms with Gasteiger partial charge in [0.1, 0.15) is 6.54 Å². The first-order chi connectivity index (χ1) is 11.0. The number of likely N-dealkylation sites (tertiary alicyclic amines) is 1. The standard InChI is InChI=1S/C16H20N2O5/c1-9(14(20)17-10-6-7-10)23-13(19)8-18-15(21)11-4-2-3-5-12(11)16(18)22/h2-3,9-12H,4-8H2,1H3,(H,17,20)/t9-,11-,12+/m0/s1. The number of esters is 1. The largest absolute Gasteiger partial charge is 0.451 e. The molecule has 0 aromatic heterocycles. The number of carbonyl (C=O) groups is 4. The average molecular weight is 320 g/mol. The molecule has 0 aromatic carbocycles. The van der Waals surface area contributed by atoms with Crippen molar-refractivity contribution in [1.29, 1.82) is 0 Å². The van der Waals surface area contributed by atoms with E-state index in [1.165, 1.54) is 6.92 Å². The highest BCUT2D eigenvalue weighted by Crippen LogP contribution is 2.34. The van der Waals surface area contributed by atoms with E-state index in [9.17, 15) is 19.2 Å². The van der Waals surface area contributed by atoms with Crippen LogP contribution in [0.4, 0.5) is 0 Å². The highest BCUT2D eigenvalue weighted by molar-refractivity contribution is 6.07. The molecule has 0 aromatic rings. The van der Waals surface area contributed by atoms with Crippen molar-refractivity contribution in [3.8, 4) is 0 Å². The summed E-state index contributed by atoms with van der Waals surface area (Å²) in [4.78, 5) is 49.2. The van der Waals surface area contributed by atoms with Crippen LogP contribution in [0.3, 0.4) is 0 Å². The van der Waals surface area contributed by atoms with E-state index in [0.717, 1.165) is 17.7 Å². The molecule has 3 amide bonds. The van der Waals surface area contributed by atoms with Gasteiger partial charge in [0.25, 0.3) is 5.91 Å². The first-order valence-corrected chi connectivity index (χ1v) is 7.97. The van der Waals surface area contributed by atoms with Gasteiger partial charge in [-0.1, -0.05) is 12.2 Å². The molecule has 23 heavy (non-hydrogen) atoms. The van der Waals surface area contributed by atoms with Crippen LogP contribution in [0, 0.1) is 11.8 Å². The summed E-state index contributed by atoms with van der Waals surface area (Å²) >= 11 is 0. The molecule has 1 aliphatic heterocycles. The van der Waals surface area contributed by atoms with E-state index in [2.05, 4.69) is 5.32 Å². The number of nitrogens with one attached hydrogen (secondary N) is 1. The van der Waals surface area contributed by atoms with E-state index in [-0.39, 0.29) is 35.6 Å². The molecule has 0 spiro atoms. The zero-order chi connectivity index (χ0) is 16.6. The quantitative estimate of drug-likeness (QED) is 0.442. The molecule has 0 unspecified atom stereocenters. The minimum atomic E-state index is -0.931. The maximum atomic E-state index is 12.2. The van der Waals surface area contributed by atoms with Crippen molar-refractivity contribution in [1.82, 2.24) is 10.2 Å². The molecule has 1 N–H and O–H groups in total. The first kappa shape index (κ1) is 15.7. The lowest BCUT2D eigenvalue weighted by Crippen LogP contribution is -2.41. The molecule has 2 aliphatic carbocycles. The van der Waals surface area contributed by atoms with E-state index in [1.54, 1.807) is 0 Å². The second-order valence-electron chi connectivity index (χ2n) is 6.33. The van der Waals surface area contributed by atoms with Gasteiger partial charge in [-0.15, -0.1) is 0 Å². The number of carbonyl (C=O) groups excluding carboxylic acids is 4. The maximum Gasteiger partial charge on any atom is 0.326 e. The molecule has 3 aliphatic rings. The van der Waals surface area contributed by atoms with Crippen LogP contribution in [0.5, 0.6) is 0 Å². The minimum absolute atomic E-state index is 0.181. The molecule has 7 heteroatoms. The van der Waals surface area contributed by atoms with Crippen molar-refractivity contribution >= 4 is 23.7 Å². The lowest BCUT2D eigenvalue weighted by Gasteiger charge is -2.17. The first-order valence-electron chi connectivity index (χ1n) is 7.97. The Morgan fingerprint density at radius 2 is 1.78 bits per heavy atom. The summed E-state index contributed by atoms with van der Waals surface area (Å²) in [5.41, 5.74) is 0. The van der Waals surface area contributed by atoms with Gasteiger partial charge in [-0.3, -0.25) is 24.1 Å². The molecule has 0 radical (unpaired) electrons. The van der Waals surface area contributed by atoms with Gasteiger partial charge in [0.15, 0.2) is 6.10 Å². The Balaban J connectivity index is 1.54. The van der Waals surface area contributed by atoms with Crippen LogP contribution in [-0.2, 0) is 23.9 Å². The third-order valence-corrected chi connectivity index (χ3v) is 4.49. The summed E-state index contributed by atoms with van der Waals surface area (Å²) in [7, 11) is 0. The number of nitrogens with zero attached hydrogens (tertiary/aromatic N) is 1. The molecule has 3 atom stereocenters. The second kappa shape index (κ2) is 6.14. The van der Waals surface area contributed by atoms with Crippen LogP contribution in [0.2, 0.25) is 0 Å². The second-order valence-corrected chi connectivity index (χ2v) is 6.33. The molecular formula is C16H20N2O5. The highest BCUT2D eigenvalue weighted by Gasteiger charge is 2.47. The molecule has 1 heterocycles. The molecule has 0 bridgehead atoms. The van der Waals surface area contributed by atoms with Crippen molar-refractivity contribution < 1.29 is 23.9 Å². The van der Waals surface area contributed by atoms with Gasteiger partial charge in [0.05, 0.1) is 11.8 Å². The molecule has 124 valence electrons. The van der Waals surface area contributed by atoms with E-state index in [1.807, 2.05) is 12.2 Å². The van der Waals surface area contributed by atoms with Crippen LogP contribution >= 0.6 is 0 Å². The van der Waals surface area contributed by atoms with Gasteiger partial charge in [0.2, 0.25) is 11.8 Å². The van der Waals surface area contributed by atoms with E-state index < -0.39 is 18.6 Å². The normalized spacial score (nSPS) is 27.6. The number of amides is 3. The van der Waals surface area contributed by atoms with E-state index in [0.29, 0.717) is 12.8 Å². The van der Waals surface area contributed by atoms with Crippen molar-refractivity contribution in [3.63, 3.8) is 0 Å². The fourth-order valence-electron chi connectivity index (χ4n) is 2.99. The summed E-state index contributed by atoms with van der Waals surface area (Å²) in [6, 6.07) is 0.181. The lowest BCUT2D eigenvalue weighted by atomic mass is 9.85. The van der Waals surface area contributed by atoms with Crippen LogP contribution in [0.15, 0.2) is 12.2 Å². The molecular weight excluding hydrogens is 300 g/mol. The Labute approximate surface area is 134 Å². The number of fused-ring (bicyclic) bond motifs is 1. The molecule has 7 nitrogen and oxygen atoms in total. The number of imide groups is 1. The summed E-state index contributed by atoms with van der Waals surface area (Å²) < 4.78 is 5.04. The Morgan fingerprint density at radius 1 is 1.22 bits per heavy atom. The van der Waals surface area contributed by atoms with Crippen LogP contribution in [0.1, 0.15) is 32.6 Å². The predicted octanol–water partition coefficient (Wildman–Crippen LogP) is 0.148. The third kappa shape index (κ3) is 3.28. The van der Waals surface area contributed by atoms with Crippen molar-refractivity contribution in [2.75, 3.05) is 6.54 Å². The van der Waals surface area contributed by atoms with Gasteiger partial charge in [-0.05, 0) is 32.6 Å². The molecule has 2 fully saturated rings. The summed E-state index contributed by atoms with van der Waals surface area (Å²) in [6.07, 6.45) is 5.79. The minimum Gasteiger partial charge on any atom is -0.451 e. The van der Waals surface area contributed by atoms with Gasteiger partial charge in [-0.2, -0.15) is 0 Å². The van der Waals surface area contributed by atoms with E-state index in [4.69, 9.17) is 4.74 Å². The van der Waals surface area contributed by atoms with E-state index >= 15 is 0 Å². The van der Waals surface area contributed by atoms with Crippen LogP contribution in [-0.4, -0.2) is 47.3 Å². The maximum absolute atomic E-state index is 12.2. The zero-order valence-corrected chi connectivity index (χ0v) is 13.0. The monoisotopic (exact) mass is 320 g/mol. The number of allylic oxidation sites excluding steroid dienone is 2. The number of hydrogen-bond donors (Lipinski definition) is 1. The summed E-state index contributed by atoms with van der Waals surface area (Å²) in [5.74, 6) is -2.46. The van der Waals surface area contributed by atoms with Gasteiger partial charge in [-0.25, -0.2) is 0 Å². The average Bonchev–Trinajstić information content (AvgIpc) is 3.31. The number of hydrogen-bond acceptors (Lipinski definition) is 5. The third-order valence-electron chi connectivity index (χ3n) is 4.49. The predicted molar refractivity (Wildman–Crippen MR) is 78.8 cm³/mol. The fraction of sp³-hybridized carbons (Fsp3) is 0.625. The van der Waals surface area contributed by atoms with Gasteiger partial charge in [0, 0.05) is 6.04 Å². The van der Waals surface area contributed by atoms with Crippen molar-refractivity contribution in [3.05, 3.63) is 12.2 Å². The van der Waals surface area contributed by atoms with Gasteiger partial charge >= 0.3 is 5.97 Å². The molecule has 1 saturated carbocycles. The van der Waals surface area contributed by atoms with Crippen molar-refractivity contribution in [2.45, 2.75) is 44.8 Å². The SMILES string of the molecule is C[C@H](OC(=O)CN1C(=O)[C@H]2CC=CC[C@H]2C1=O)C(=O)NC1CC1. The van der Waals surface area contributed by atoms with Crippen LogP contribution in [0.25, 0.3) is 0 Å². The lowest BCUT2D eigenvalue weighted by molar-refractivity contribution is -0.159. The zero-order valence-electron chi connectivity index (χ0n) is 13.0. The van der Waals surface area contributed by atoms with Crippen LogP contribution < -0.4 is 5.32 Å². The topological polar surface area (TPSA) is 92.8 Å². The van der Waals surface area contributed by atoms with Gasteiger partial charge < -0.3 is 10.1 Å².